The number of aromatic nitrogens is 2. The van der Waals surface area contributed by atoms with Gasteiger partial charge < -0.3 is 5.32 Å². The highest BCUT2D eigenvalue weighted by molar-refractivity contribution is 9.10. The normalized spacial score (nSPS) is 10.8. The van der Waals surface area contributed by atoms with E-state index in [1.807, 2.05) is 24.3 Å². The van der Waals surface area contributed by atoms with E-state index in [1.165, 1.54) is 11.3 Å². The lowest BCUT2D eigenvalue weighted by molar-refractivity contribution is -0.120. The number of halogens is 1. The zero-order valence-corrected chi connectivity index (χ0v) is 16.8. The Bertz CT molecular complexity index is 761. The average Bonchev–Trinajstić information content (AvgIpc) is 3.03. The summed E-state index contributed by atoms with van der Waals surface area (Å²) in [7, 11) is 0. The van der Waals surface area contributed by atoms with Crippen molar-refractivity contribution in [3.63, 3.8) is 0 Å². The summed E-state index contributed by atoms with van der Waals surface area (Å²) in [4.78, 5) is 23.6. The monoisotopic (exact) mass is 437 g/mol. The molecule has 0 fully saturated rings. The van der Waals surface area contributed by atoms with Gasteiger partial charge in [-0.25, -0.2) is 5.43 Å². The van der Waals surface area contributed by atoms with E-state index < -0.39 is 0 Å². The molecule has 0 aliphatic carbocycles. The third-order valence-corrected chi connectivity index (χ3v) is 4.67. The number of rotatable bonds is 9. The number of carbonyl (C=O) groups is 2. The minimum Gasteiger partial charge on any atom is -0.301 e. The molecule has 9 heteroatoms. The second-order valence-corrected chi connectivity index (χ2v) is 7.51. The summed E-state index contributed by atoms with van der Waals surface area (Å²) in [5.74, 6) is -0.375. The molecule has 26 heavy (non-hydrogen) atoms. The van der Waals surface area contributed by atoms with Crippen LogP contribution in [0.15, 0.2) is 33.8 Å². The molecule has 2 N–H and O–H groups in total. The SMILES string of the molecule is CCCCCC(=O)Nc1nnc(CC(=O)N/N=C\c2ccc(Br)cc2)s1. The maximum atomic E-state index is 11.9. The van der Waals surface area contributed by atoms with Crippen LogP contribution in [0.2, 0.25) is 0 Å². The van der Waals surface area contributed by atoms with Crippen LogP contribution in [0, 0.1) is 0 Å². The van der Waals surface area contributed by atoms with Gasteiger partial charge in [-0.15, -0.1) is 10.2 Å². The standard InChI is InChI=1S/C17H20BrN5O2S/c1-2-3-4-5-14(24)20-17-23-22-16(26-17)10-15(25)21-19-11-12-6-8-13(18)9-7-12/h6-9,11H,2-5,10H2,1H3,(H,21,25)(H,20,23,24)/b19-11-. The highest BCUT2D eigenvalue weighted by Crippen LogP contribution is 2.16. The van der Waals surface area contributed by atoms with Gasteiger partial charge in [0.1, 0.15) is 5.01 Å². The summed E-state index contributed by atoms with van der Waals surface area (Å²) < 4.78 is 0.975. The molecule has 7 nitrogen and oxygen atoms in total. The van der Waals surface area contributed by atoms with Crippen molar-refractivity contribution in [1.82, 2.24) is 15.6 Å². The van der Waals surface area contributed by atoms with E-state index in [0.29, 0.717) is 16.6 Å². The number of unbranched alkanes of at least 4 members (excludes halogenated alkanes) is 2. The summed E-state index contributed by atoms with van der Waals surface area (Å²) in [5.41, 5.74) is 3.32. The van der Waals surface area contributed by atoms with Crippen LogP contribution in [-0.2, 0) is 16.0 Å². The van der Waals surface area contributed by atoms with Crippen LogP contribution < -0.4 is 10.7 Å². The number of hydrazone groups is 1. The quantitative estimate of drug-likeness (QED) is 0.356. The summed E-state index contributed by atoms with van der Waals surface area (Å²) in [6.07, 6.45) is 5.03. The fraction of sp³-hybridized carbons (Fsp3) is 0.353. The molecule has 2 aromatic rings. The zero-order valence-electron chi connectivity index (χ0n) is 14.4. The number of hydrogen-bond acceptors (Lipinski definition) is 6. The summed E-state index contributed by atoms with van der Waals surface area (Å²) in [5, 5.41) is 15.3. The number of benzene rings is 1. The number of carbonyl (C=O) groups excluding carboxylic acids is 2. The van der Waals surface area contributed by atoms with E-state index >= 15 is 0 Å². The number of nitrogens with zero attached hydrogens (tertiary/aromatic N) is 3. The summed E-state index contributed by atoms with van der Waals surface area (Å²) >= 11 is 4.54. The van der Waals surface area contributed by atoms with Gasteiger partial charge in [-0.1, -0.05) is 59.2 Å². The molecule has 2 amide bonds. The minimum atomic E-state index is -0.296. The summed E-state index contributed by atoms with van der Waals surface area (Å²) in [6.45, 7) is 2.09. The maximum absolute atomic E-state index is 11.9. The minimum absolute atomic E-state index is 0.0566. The Morgan fingerprint density at radius 2 is 1.96 bits per heavy atom. The maximum Gasteiger partial charge on any atom is 0.247 e. The van der Waals surface area contributed by atoms with Crippen molar-refractivity contribution in [2.75, 3.05) is 5.32 Å². The van der Waals surface area contributed by atoms with Crippen molar-refractivity contribution in [3.8, 4) is 0 Å². The van der Waals surface area contributed by atoms with E-state index in [1.54, 1.807) is 6.21 Å². The predicted octanol–water partition coefficient (Wildman–Crippen LogP) is 3.51. The van der Waals surface area contributed by atoms with Gasteiger partial charge in [0.15, 0.2) is 0 Å². The molecule has 2 rings (SSSR count). The number of amides is 2. The molecule has 0 atom stereocenters. The Labute approximate surface area is 164 Å². The molecule has 0 radical (unpaired) electrons. The second-order valence-electron chi connectivity index (χ2n) is 5.53. The number of nitrogens with one attached hydrogen (secondary N) is 2. The van der Waals surface area contributed by atoms with Crippen molar-refractivity contribution in [2.24, 2.45) is 5.10 Å². The topological polar surface area (TPSA) is 96.3 Å². The highest BCUT2D eigenvalue weighted by Gasteiger charge is 2.11. The third-order valence-electron chi connectivity index (χ3n) is 3.31. The summed E-state index contributed by atoms with van der Waals surface area (Å²) in [6, 6.07) is 7.53. The first-order chi connectivity index (χ1) is 12.6. The number of hydrogen-bond donors (Lipinski definition) is 2. The average molecular weight is 438 g/mol. The van der Waals surface area contributed by atoms with Crippen LogP contribution in [0.25, 0.3) is 0 Å². The van der Waals surface area contributed by atoms with Gasteiger partial charge in [0, 0.05) is 10.9 Å². The molecule has 1 heterocycles. The van der Waals surface area contributed by atoms with Crippen LogP contribution in [-0.4, -0.2) is 28.2 Å². The molecule has 0 unspecified atom stereocenters. The van der Waals surface area contributed by atoms with E-state index in [0.717, 1.165) is 29.3 Å². The van der Waals surface area contributed by atoms with Crippen LogP contribution in [0.4, 0.5) is 5.13 Å². The van der Waals surface area contributed by atoms with Gasteiger partial charge in [-0.3, -0.25) is 9.59 Å². The third kappa shape index (κ3) is 7.40. The van der Waals surface area contributed by atoms with E-state index in [-0.39, 0.29) is 18.2 Å². The first-order valence-electron chi connectivity index (χ1n) is 8.26. The van der Waals surface area contributed by atoms with Crippen molar-refractivity contribution in [2.45, 2.75) is 39.0 Å². The fourth-order valence-corrected chi connectivity index (χ4v) is 3.02. The van der Waals surface area contributed by atoms with Gasteiger partial charge in [-0.05, 0) is 24.1 Å². The van der Waals surface area contributed by atoms with Crippen molar-refractivity contribution >= 4 is 50.4 Å². The largest absolute Gasteiger partial charge is 0.301 e. The van der Waals surface area contributed by atoms with Gasteiger partial charge in [0.2, 0.25) is 16.9 Å². The molecule has 0 bridgehead atoms. The Morgan fingerprint density at radius 1 is 1.19 bits per heavy atom. The van der Waals surface area contributed by atoms with Gasteiger partial charge in [-0.2, -0.15) is 5.10 Å². The number of anilines is 1. The molecule has 138 valence electrons. The van der Waals surface area contributed by atoms with Crippen LogP contribution in [0.5, 0.6) is 0 Å². The molecule has 0 saturated heterocycles. The Balaban J connectivity index is 1.76. The van der Waals surface area contributed by atoms with Gasteiger partial charge in [0.25, 0.3) is 0 Å². The van der Waals surface area contributed by atoms with Crippen molar-refractivity contribution < 1.29 is 9.59 Å². The smallest absolute Gasteiger partial charge is 0.247 e. The molecule has 1 aromatic heterocycles. The van der Waals surface area contributed by atoms with Crippen LogP contribution >= 0.6 is 27.3 Å². The first-order valence-corrected chi connectivity index (χ1v) is 9.87. The Hall–Kier alpha value is -2.13. The zero-order chi connectivity index (χ0) is 18.8. The lowest BCUT2D eigenvalue weighted by Gasteiger charge is -1.99. The first kappa shape index (κ1) is 20.2. The Kier molecular flexibility index (Phi) is 8.36. The molecular weight excluding hydrogens is 418 g/mol. The lowest BCUT2D eigenvalue weighted by atomic mass is 10.2. The van der Waals surface area contributed by atoms with Crippen molar-refractivity contribution in [3.05, 3.63) is 39.3 Å². The molecular formula is C17H20BrN5O2S. The highest BCUT2D eigenvalue weighted by atomic mass is 79.9. The van der Waals surface area contributed by atoms with Crippen LogP contribution in [0.3, 0.4) is 0 Å². The van der Waals surface area contributed by atoms with E-state index in [9.17, 15) is 9.59 Å². The van der Waals surface area contributed by atoms with Gasteiger partial charge >= 0.3 is 0 Å². The predicted molar refractivity (Wildman–Crippen MR) is 106 cm³/mol. The molecule has 0 saturated carbocycles. The van der Waals surface area contributed by atoms with Crippen LogP contribution in [0.1, 0.15) is 43.2 Å². The fourth-order valence-electron chi connectivity index (χ4n) is 2.00. The molecule has 1 aromatic carbocycles. The second kappa shape index (κ2) is 10.8. The molecule has 0 aliphatic heterocycles. The van der Waals surface area contributed by atoms with Gasteiger partial charge in [0.05, 0.1) is 12.6 Å². The van der Waals surface area contributed by atoms with Crippen molar-refractivity contribution in [1.29, 1.82) is 0 Å². The van der Waals surface area contributed by atoms with E-state index in [2.05, 4.69) is 48.9 Å². The van der Waals surface area contributed by atoms with E-state index in [4.69, 9.17) is 0 Å². The Morgan fingerprint density at radius 3 is 2.69 bits per heavy atom. The molecule has 0 aliphatic rings. The molecule has 0 spiro atoms. The lowest BCUT2D eigenvalue weighted by Crippen LogP contribution is -2.19.